The fourth-order valence-electron chi connectivity index (χ4n) is 2.25. The van der Waals surface area contributed by atoms with E-state index in [9.17, 15) is 13.6 Å². The Morgan fingerprint density at radius 3 is 2.63 bits per heavy atom. The standard InChI is InChI=1S/C18H16F2N2O5/c19-18(20)27-14-4-1-12(2-5-14)10-21-26-11-17(23)22-13-3-6-15-16(9-13)25-8-7-24-15/h1-6,9-10,18H,7-8,11H2,(H,22,23)/b21-10-. The van der Waals surface area contributed by atoms with E-state index in [1.807, 2.05) is 0 Å². The molecule has 0 radical (unpaired) electrons. The van der Waals surface area contributed by atoms with Gasteiger partial charge in [-0.1, -0.05) is 5.16 Å². The maximum absolute atomic E-state index is 12.1. The smallest absolute Gasteiger partial charge is 0.387 e. The highest BCUT2D eigenvalue weighted by molar-refractivity contribution is 5.92. The fraction of sp³-hybridized carbons (Fsp3) is 0.222. The molecule has 1 heterocycles. The number of carbonyl (C=O) groups is 1. The average molecular weight is 378 g/mol. The van der Waals surface area contributed by atoms with Gasteiger partial charge in [-0.25, -0.2) is 0 Å². The molecule has 27 heavy (non-hydrogen) atoms. The van der Waals surface area contributed by atoms with Crippen molar-refractivity contribution in [2.45, 2.75) is 6.61 Å². The number of ether oxygens (including phenoxy) is 3. The Labute approximate surface area is 153 Å². The van der Waals surface area contributed by atoms with Crippen molar-refractivity contribution >= 4 is 17.8 Å². The van der Waals surface area contributed by atoms with Gasteiger partial charge in [0.05, 0.1) is 6.21 Å². The van der Waals surface area contributed by atoms with E-state index in [1.54, 1.807) is 18.2 Å². The Morgan fingerprint density at radius 2 is 1.89 bits per heavy atom. The summed E-state index contributed by atoms with van der Waals surface area (Å²) in [6.45, 7) is -2.22. The molecular formula is C18H16F2N2O5. The number of amides is 1. The second-order valence-electron chi connectivity index (χ2n) is 5.36. The van der Waals surface area contributed by atoms with Crippen molar-refractivity contribution in [2.24, 2.45) is 5.16 Å². The zero-order valence-corrected chi connectivity index (χ0v) is 14.1. The van der Waals surface area contributed by atoms with Crippen molar-refractivity contribution in [1.29, 1.82) is 0 Å². The molecule has 2 aromatic rings. The first-order valence-corrected chi connectivity index (χ1v) is 8.00. The SMILES string of the molecule is O=C(CO/N=C\c1ccc(OC(F)F)cc1)Nc1ccc2c(c1)OCCO2. The fourth-order valence-corrected chi connectivity index (χ4v) is 2.25. The van der Waals surface area contributed by atoms with Gasteiger partial charge in [0, 0.05) is 11.8 Å². The number of carbonyl (C=O) groups excluding carboxylic acids is 1. The van der Waals surface area contributed by atoms with E-state index >= 15 is 0 Å². The van der Waals surface area contributed by atoms with Gasteiger partial charge in [-0.15, -0.1) is 0 Å². The molecule has 0 atom stereocenters. The van der Waals surface area contributed by atoms with Crippen LogP contribution in [0, 0.1) is 0 Å². The third-order valence-electron chi connectivity index (χ3n) is 3.40. The lowest BCUT2D eigenvalue weighted by Crippen LogP contribution is -2.18. The summed E-state index contributed by atoms with van der Waals surface area (Å²) in [7, 11) is 0. The molecule has 9 heteroatoms. The van der Waals surface area contributed by atoms with Crippen molar-refractivity contribution in [1.82, 2.24) is 0 Å². The van der Waals surface area contributed by atoms with Crippen LogP contribution < -0.4 is 19.5 Å². The number of rotatable bonds is 7. The third kappa shape index (κ3) is 5.56. The number of alkyl halides is 2. The van der Waals surface area contributed by atoms with Gasteiger partial charge in [0.25, 0.3) is 5.91 Å². The number of fused-ring (bicyclic) bond motifs is 1. The van der Waals surface area contributed by atoms with Crippen LogP contribution in [0.15, 0.2) is 47.6 Å². The summed E-state index contributed by atoms with van der Waals surface area (Å²) in [6.07, 6.45) is 1.35. The number of anilines is 1. The second kappa shape index (κ2) is 8.84. The molecule has 1 aliphatic rings. The van der Waals surface area contributed by atoms with Crippen LogP contribution in [0.25, 0.3) is 0 Å². The predicted molar refractivity (Wildman–Crippen MR) is 92.7 cm³/mol. The highest BCUT2D eigenvalue weighted by atomic mass is 19.3. The maximum atomic E-state index is 12.1. The van der Waals surface area contributed by atoms with Crippen LogP contribution in [-0.2, 0) is 9.63 Å². The molecule has 0 aromatic heterocycles. The molecule has 142 valence electrons. The minimum Gasteiger partial charge on any atom is -0.486 e. The summed E-state index contributed by atoms with van der Waals surface area (Å²) in [4.78, 5) is 16.8. The lowest BCUT2D eigenvalue weighted by molar-refractivity contribution is -0.120. The Balaban J connectivity index is 1.44. The first-order chi connectivity index (χ1) is 13.1. The molecule has 1 N–H and O–H groups in total. The number of nitrogens with one attached hydrogen (secondary N) is 1. The van der Waals surface area contributed by atoms with Crippen LogP contribution in [0.5, 0.6) is 17.2 Å². The minimum absolute atomic E-state index is 0.0434. The van der Waals surface area contributed by atoms with Gasteiger partial charge >= 0.3 is 6.61 Å². The molecule has 0 saturated carbocycles. The summed E-state index contributed by atoms with van der Waals surface area (Å²) < 4.78 is 39.2. The van der Waals surface area contributed by atoms with Crippen molar-refractivity contribution < 1.29 is 32.6 Å². The summed E-state index contributed by atoms with van der Waals surface area (Å²) in [6, 6.07) is 10.9. The first-order valence-electron chi connectivity index (χ1n) is 8.00. The quantitative estimate of drug-likeness (QED) is 0.592. The molecule has 0 bridgehead atoms. The van der Waals surface area contributed by atoms with E-state index in [4.69, 9.17) is 14.3 Å². The van der Waals surface area contributed by atoms with Gasteiger partial charge < -0.3 is 24.4 Å². The Hall–Kier alpha value is -3.36. The van der Waals surface area contributed by atoms with E-state index in [0.29, 0.717) is 36.0 Å². The van der Waals surface area contributed by atoms with Crippen LogP contribution in [0.4, 0.5) is 14.5 Å². The molecule has 1 aliphatic heterocycles. The summed E-state index contributed by atoms with van der Waals surface area (Å²) in [5.74, 6) is 0.841. The van der Waals surface area contributed by atoms with Gasteiger partial charge in [0.2, 0.25) is 0 Å². The van der Waals surface area contributed by atoms with Crippen molar-refractivity contribution in [3.8, 4) is 17.2 Å². The molecule has 2 aromatic carbocycles. The van der Waals surface area contributed by atoms with Crippen LogP contribution in [0.2, 0.25) is 0 Å². The minimum atomic E-state index is -2.87. The number of oxime groups is 1. The lowest BCUT2D eigenvalue weighted by atomic mass is 10.2. The maximum Gasteiger partial charge on any atom is 0.387 e. The summed E-state index contributed by atoms with van der Waals surface area (Å²) >= 11 is 0. The van der Waals surface area contributed by atoms with E-state index in [-0.39, 0.29) is 12.4 Å². The molecule has 0 saturated heterocycles. The van der Waals surface area contributed by atoms with Gasteiger partial charge in [-0.05, 0) is 42.0 Å². The topological polar surface area (TPSA) is 78.4 Å². The number of hydrogen-bond donors (Lipinski definition) is 1. The van der Waals surface area contributed by atoms with Gasteiger partial charge in [-0.2, -0.15) is 8.78 Å². The van der Waals surface area contributed by atoms with E-state index in [2.05, 4.69) is 15.2 Å². The highest BCUT2D eigenvalue weighted by Gasteiger charge is 2.12. The Morgan fingerprint density at radius 1 is 1.15 bits per heavy atom. The zero-order valence-electron chi connectivity index (χ0n) is 14.1. The monoisotopic (exact) mass is 378 g/mol. The zero-order chi connectivity index (χ0) is 19.1. The Kier molecular flexibility index (Phi) is 6.03. The number of hydrogen-bond acceptors (Lipinski definition) is 6. The molecule has 0 unspecified atom stereocenters. The molecule has 7 nitrogen and oxygen atoms in total. The van der Waals surface area contributed by atoms with Gasteiger partial charge in [0.1, 0.15) is 19.0 Å². The lowest BCUT2D eigenvalue weighted by Gasteiger charge is -2.18. The van der Waals surface area contributed by atoms with Crippen LogP contribution in [0.1, 0.15) is 5.56 Å². The second-order valence-corrected chi connectivity index (χ2v) is 5.36. The molecule has 0 spiro atoms. The molecular weight excluding hydrogens is 362 g/mol. The van der Waals surface area contributed by atoms with Crippen molar-refractivity contribution in [3.05, 3.63) is 48.0 Å². The van der Waals surface area contributed by atoms with Crippen LogP contribution in [-0.4, -0.2) is 38.6 Å². The summed E-state index contributed by atoms with van der Waals surface area (Å²) in [5.41, 5.74) is 1.15. The Bertz CT molecular complexity index is 812. The molecule has 0 fully saturated rings. The number of halogens is 2. The summed E-state index contributed by atoms with van der Waals surface area (Å²) in [5, 5.41) is 6.32. The normalized spacial score (nSPS) is 12.9. The molecule has 0 aliphatic carbocycles. The van der Waals surface area contributed by atoms with E-state index in [0.717, 1.165) is 0 Å². The van der Waals surface area contributed by atoms with Crippen LogP contribution in [0.3, 0.4) is 0 Å². The van der Waals surface area contributed by atoms with Crippen molar-refractivity contribution in [2.75, 3.05) is 25.1 Å². The third-order valence-corrected chi connectivity index (χ3v) is 3.40. The van der Waals surface area contributed by atoms with Crippen molar-refractivity contribution in [3.63, 3.8) is 0 Å². The van der Waals surface area contributed by atoms with Gasteiger partial charge in [0.15, 0.2) is 18.1 Å². The number of nitrogens with zero attached hydrogens (tertiary/aromatic N) is 1. The van der Waals surface area contributed by atoms with E-state index < -0.39 is 12.5 Å². The van der Waals surface area contributed by atoms with Crippen LogP contribution >= 0.6 is 0 Å². The molecule has 1 amide bonds. The van der Waals surface area contributed by atoms with E-state index in [1.165, 1.54) is 30.5 Å². The first kappa shape index (κ1) is 18.4. The number of benzene rings is 2. The average Bonchev–Trinajstić information content (AvgIpc) is 2.66. The van der Waals surface area contributed by atoms with Gasteiger partial charge in [-0.3, -0.25) is 4.79 Å². The molecule has 3 rings (SSSR count). The largest absolute Gasteiger partial charge is 0.486 e. The highest BCUT2D eigenvalue weighted by Crippen LogP contribution is 2.32. The predicted octanol–water partition coefficient (Wildman–Crippen LogP) is 3.05.